The predicted octanol–water partition coefficient (Wildman–Crippen LogP) is 2.88. The summed E-state index contributed by atoms with van der Waals surface area (Å²) in [5.74, 6) is 0.741. The Hall–Kier alpha value is -1.51. The second-order valence-electron chi connectivity index (χ2n) is 4.09. The van der Waals surface area contributed by atoms with Gasteiger partial charge in [0.1, 0.15) is 5.52 Å². The highest BCUT2D eigenvalue weighted by Crippen LogP contribution is 2.27. The molecule has 1 aliphatic heterocycles. The molecule has 2 aromatic rings. The van der Waals surface area contributed by atoms with Gasteiger partial charge in [-0.1, -0.05) is 0 Å². The molecule has 3 nitrogen and oxygen atoms in total. The van der Waals surface area contributed by atoms with Crippen molar-refractivity contribution < 1.29 is 4.42 Å². The van der Waals surface area contributed by atoms with Gasteiger partial charge in [0.25, 0.3) is 0 Å². The van der Waals surface area contributed by atoms with Gasteiger partial charge in [0.05, 0.1) is 0 Å². The summed E-state index contributed by atoms with van der Waals surface area (Å²) >= 11 is 0. The summed E-state index contributed by atoms with van der Waals surface area (Å²) in [6.07, 6.45) is 3.63. The van der Waals surface area contributed by atoms with Gasteiger partial charge in [-0.15, -0.1) is 0 Å². The standard InChI is InChI=1S/C12H14N2O/c1-8-14-11-6-9-4-2-3-5-13-10(9)7-12(11)15-8/h6-7,13H,2-5H2,1H3. The second-order valence-corrected chi connectivity index (χ2v) is 4.09. The number of fused-ring (bicyclic) bond motifs is 2. The van der Waals surface area contributed by atoms with Crippen molar-refractivity contribution in [2.75, 3.05) is 11.9 Å². The number of anilines is 1. The number of aryl methyl sites for hydroxylation is 2. The molecule has 2 heterocycles. The van der Waals surface area contributed by atoms with E-state index in [1.54, 1.807) is 0 Å². The molecule has 0 bridgehead atoms. The first kappa shape index (κ1) is 8.77. The highest BCUT2D eigenvalue weighted by Gasteiger charge is 2.11. The molecule has 0 unspecified atom stereocenters. The zero-order chi connectivity index (χ0) is 10.3. The maximum absolute atomic E-state index is 5.52. The average molecular weight is 202 g/mol. The number of rotatable bonds is 0. The Bertz CT molecular complexity index is 459. The molecule has 0 atom stereocenters. The van der Waals surface area contributed by atoms with Crippen LogP contribution in [0.1, 0.15) is 24.3 Å². The van der Waals surface area contributed by atoms with Gasteiger partial charge < -0.3 is 9.73 Å². The molecule has 15 heavy (non-hydrogen) atoms. The first-order chi connectivity index (χ1) is 7.33. The Morgan fingerprint density at radius 1 is 1.33 bits per heavy atom. The number of nitrogens with zero attached hydrogens (tertiary/aromatic N) is 1. The summed E-state index contributed by atoms with van der Waals surface area (Å²) in [4.78, 5) is 4.36. The molecule has 0 amide bonds. The fourth-order valence-corrected chi connectivity index (χ4v) is 2.17. The van der Waals surface area contributed by atoms with E-state index >= 15 is 0 Å². The largest absolute Gasteiger partial charge is 0.441 e. The van der Waals surface area contributed by atoms with Gasteiger partial charge >= 0.3 is 0 Å². The smallest absolute Gasteiger partial charge is 0.192 e. The van der Waals surface area contributed by atoms with Crippen molar-refractivity contribution >= 4 is 16.8 Å². The van der Waals surface area contributed by atoms with Crippen molar-refractivity contribution in [1.82, 2.24) is 4.98 Å². The lowest BCUT2D eigenvalue weighted by molar-refractivity contribution is 0.561. The lowest BCUT2D eigenvalue weighted by Crippen LogP contribution is -1.99. The molecule has 0 saturated carbocycles. The first-order valence-corrected chi connectivity index (χ1v) is 5.47. The normalized spacial score (nSPS) is 15.8. The first-order valence-electron chi connectivity index (χ1n) is 5.47. The van der Waals surface area contributed by atoms with E-state index in [9.17, 15) is 0 Å². The topological polar surface area (TPSA) is 38.1 Å². The maximum atomic E-state index is 5.52. The fraction of sp³-hybridized carbons (Fsp3) is 0.417. The van der Waals surface area contributed by atoms with Gasteiger partial charge in [-0.2, -0.15) is 0 Å². The van der Waals surface area contributed by atoms with E-state index in [4.69, 9.17) is 4.42 Å². The Balaban J connectivity index is 2.19. The van der Waals surface area contributed by atoms with Crippen molar-refractivity contribution in [3.8, 4) is 0 Å². The molecule has 0 radical (unpaired) electrons. The lowest BCUT2D eigenvalue weighted by atomic mass is 10.1. The van der Waals surface area contributed by atoms with E-state index < -0.39 is 0 Å². The van der Waals surface area contributed by atoms with Crippen LogP contribution in [0.2, 0.25) is 0 Å². The van der Waals surface area contributed by atoms with Gasteiger partial charge in [0.15, 0.2) is 11.5 Å². The zero-order valence-electron chi connectivity index (χ0n) is 8.84. The summed E-state index contributed by atoms with van der Waals surface area (Å²) in [6, 6.07) is 4.23. The Labute approximate surface area is 88.5 Å². The third-order valence-corrected chi connectivity index (χ3v) is 2.91. The van der Waals surface area contributed by atoms with Gasteiger partial charge in [-0.05, 0) is 30.9 Å². The quantitative estimate of drug-likeness (QED) is 0.713. The number of hydrogen-bond acceptors (Lipinski definition) is 3. The van der Waals surface area contributed by atoms with E-state index in [2.05, 4.69) is 22.4 Å². The zero-order valence-corrected chi connectivity index (χ0v) is 8.84. The van der Waals surface area contributed by atoms with Gasteiger partial charge in [0, 0.05) is 25.2 Å². The van der Waals surface area contributed by atoms with Crippen LogP contribution < -0.4 is 5.32 Å². The van der Waals surface area contributed by atoms with E-state index in [1.165, 1.54) is 24.1 Å². The monoisotopic (exact) mass is 202 g/mol. The third-order valence-electron chi connectivity index (χ3n) is 2.91. The molecule has 0 fully saturated rings. The van der Waals surface area contributed by atoms with E-state index in [0.29, 0.717) is 0 Å². The van der Waals surface area contributed by atoms with Crippen LogP contribution >= 0.6 is 0 Å². The minimum absolute atomic E-state index is 0.741. The molecule has 78 valence electrons. The second kappa shape index (κ2) is 3.26. The summed E-state index contributed by atoms with van der Waals surface area (Å²) in [5.41, 5.74) is 4.46. The minimum atomic E-state index is 0.741. The number of oxazole rings is 1. The van der Waals surface area contributed by atoms with Crippen LogP contribution in [0.4, 0.5) is 5.69 Å². The number of hydrogen-bond donors (Lipinski definition) is 1. The van der Waals surface area contributed by atoms with Crippen LogP contribution in [-0.4, -0.2) is 11.5 Å². The summed E-state index contributed by atoms with van der Waals surface area (Å²) in [5, 5.41) is 3.44. The molecule has 1 aromatic heterocycles. The molecule has 3 rings (SSSR count). The highest BCUT2D eigenvalue weighted by molar-refractivity contribution is 5.79. The fourth-order valence-electron chi connectivity index (χ4n) is 2.17. The summed E-state index contributed by atoms with van der Waals surface area (Å²) in [6.45, 7) is 2.95. The number of benzene rings is 1. The SMILES string of the molecule is Cc1nc2cc3c(cc2o1)NCCCC3. The maximum Gasteiger partial charge on any atom is 0.192 e. The molecule has 3 heteroatoms. The Kier molecular flexibility index (Phi) is 1.91. The highest BCUT2D eigenvalue weighted by atomic mass is 16.3. The summed E-state index contributed by atoms with van der Waals surface area (Å²) < 4.78 is 5.52. The molecule has 0 aliphatic carbocycles. The van der Waals surface area contributed by atoms with Crippen LogP contribution in [0, 0.1) is 6.92 Å². The van der Waals surface area contributed by atoms with Crippen molar-refractivity contribution in [2.24, 2.45) is 0 Å². The molecular weight excluding hydrogens is 188 g/mol. The van der Waals surface area contributed by atoms with E-state index in [-0.39, 0.29) is 0 Å². The van der Waals surface area contributed by atoms with Crippen LogP contribution in [0.3, 0.4) is 0 Å². The Morgan fingerprint density at radius 3 is 3.20 bits per heavy atom. The van der Waals surface area contributed by atoms with Crippen LogP contribution in [0.15, 0.2) is 16.5 Å². The van der Waals surface area contributed by atoms with Crippen LogP contribution in [0.25, 0.3) is 11.1 Å². The average Bonchev–Trinajstić information content (AvgIpc) is 2.44. The molecular formula is C12H14N2O. The minimum Gasteiger partial charge on any atom is -0.441 e. The van der Waals surface area contributed by atoms with Gasteiger partial charge in [0.2, 0.25) is 0 Å². The molecule has 0 saturated heterocycles. The number of aromatic nitrogens is 1. The molecule has 1 aliphatic rings. The van der Waals surface area contributed by atoms with Crippen molar-refractivity contribution in [3.05, 3.63) is 23.6 Å². The van der Waals surface area contributed by atoms with E-state index in [1.807, 2.05) is 6.92 Å². The summed E-state index contributed by atoms with van der Waals surface area (Å²) in [7, 11) is 0. The van der Waals surface area contributed by atoms with Crippen molar-refractivity contribution in [1.29, 1.82) is 0 Å². The Morgan fingerprint density at radius 2 is 2.27 bits per heavy atom. The lowest BCUT2D eigenvalue weighted by Gasteiger charge is -2.05. The van der Waals surface area contributed by atoms with Crippen molar-refractivity contribution in [3.63, 3.8) is 0 Å². The van der Waals surface area contributed by atoms with Crippen LogP contribution in [-0.2, 0) is 6.42 Å². The van der Waals surface area contributed by atoms with E-state index in [0.717, 1.165) is 30.0 Å². The molecule has 1 N–H and O–H groups in total. The van der Waals surface area contributed by atoms with Gasteiger partial charge in [-0.25, -0.2) is 4.98 Å². The van der Waals surface area contributed by atoms with Crippen molar-refractivity contribution in [2.45, 2.75) is 26.2 Å². The molecule has 0 spiro atoms. The third kappa shape index (κ3) is 1.48. The number of nitrogens with one attached hydrogen (secondary N) is 1. The van der Waals surface area contributed by atoms with Gasteiger partial charge in [-0.3, -0.25) is 0 Å². The molecule has 1 aromatic carbocycles. The predicted molar refractivity (Wildman–Crippen MR) is 60.2 cm³/mol. The van der Waals surface area contributed by atoms with Crippen LogP contribution in [0.5, 0.6) is 0 Å².